The number of nitrogens with zero attached hydrogens (tertiary/aromatic N) is 2. The highest BCUT2D eigenvalue weighted by Crippen LogP contribution is 2.22. The van der Waals surface area contributed by atoms with Crippen LogP contribution in [0.1, 0.15) is 17.4 Å². The van der Waals surface area contributed by atoms with Crippen molar-refractivity contribution in [3.05, 3.63) is 11.1 Å². The van der Waals surface area contributed by atoms with Crippen LogP contribution in [0.5, 0.6) is 0 Å². The van der Waals surface area contributed by atoms with Crippen molar-refractivity contribution in [2.24, 2.45) is 0 Å². The van der Waals surface area contributed by atoms with Crippen molar-refractivity contribution in [3.8, 4) is 0 Å². The number of aromatic nitrogens is 1. The number of carbonyl (C=O) groups is 1. The van der Waals surface area contributed by atoms with Crippen molar-refractivity contribution in [1.82, 2.24) is 9.88 Å². The average molecular weight is 288 g/mol. The third kappa shape index (κ3) is 2.85. The molecule has 1 aliphatic heterocycles. The van der Waals surface area contributed by atoms with Crippen molar-refractivity contribution in [2.75, 3.05) is 26.0 Å². The van der Waals surface area contributed by atoms with Crippen LogP contribution in [0.4, 0.5) is 0 Å². The van der Waals surface area contributed by atoms with Gasteiger partial charge in [-0.1, -0.05) is 11.8 Å². The van der Waals surface area contributed by atoms with Crippen LogP contribution in [-0.4, -0.2) is 59.1 Å². The lowest BCUT2D eigenvalue weighted by Crippen LogP contribution is -2.30. The lowest BCUT2D eigenvalue weighted by atomic mass is 10.3. The molecule has 0 bridgehead atoms. The van der Waals surface area contributed by atoms with Gasteiger partial charge in [0.25, 0.3) is 5.91 Å². The van der Waals surface area contributed by atoms with Gasteiger partial charge in [0.1, 0.15) is 16.1 Å². The maximum absolute atomic E-state index is 12.2. The second kappa shape index (κ2) is 6.01. The predicted octanol–water partition coefficient (Wildman–Crippen LogP) is 1.09. The minimum Gasteiger partial charge on any atom is -0.388 e. The van der Waals surface area contributed by atoms with E-state index in [4.69, 9.17) is 4.74 Å². The molecule has 2 heterocycles. The average Bonchev–Trinajstić information content (AvgIpc) is 2.96. The first-order chi connectivity index (χ1) is 8.65. The first-order valence-electron chi connectivity index (χ1n) is 5.74. The van der Waals surface area contributed by atoms with Gasteiger partial charge in [-0.2, -0.15) is 0 Å². The number of hydrogen-bond donors (Lipinski definition) is 1. The molecule has 1 fully saturated rings. The van der Waals surface area contributed by atoms with Gasteiger partial charge in [-0.05, 0) is 13.2 Å². The van der Waals surface area contributed by atoms with E-state index in [0.29, 0.717) is 25.4 Å². The topological polar surface area (TPSA) is 62.7 Å². The Bertz CT molecular complexity index is 424. The third-order valence-electron chi connectivity index (χ3n) is 2.78. The number of hydrogen-bond acceptors (Lipinski definition) is 6. The fraction of sp³-hybridized carbons (Fsp3) is 0.636. The van der Waals surface area contributed by atoms with Crippen molar-refractivity contribution < 1.29 is 14.6 Å². The Labute approximate surface area is 114 Å². The van der Waals surface area contributed by atoms with Gasteiger partial charge in [0.15, 0.2) is 0 Å². The molecule has 0 spiro atoms. The van der Waals surface area contributed by atoms with Crippen LogP contribution in [0.2, 0.25) is 0 Å². The SMILES string of the molecule is CCO[C@@H]1CN(C(=O)c2csc(SC)n2)C[C@H]1O. The number of thiazole rings is 1. The number of likely N-dealkylation sites (tertiary alicyclic amines) is 1. The second-order valence-corrected chi connectivity index (χ2v) is 5.89. The molecule has 18 heavy (non-hydrogen) atoms. The number of ether oxygens (including phenoxy) is 1. The van der Waals surface area contributed by atoms with E-state index in [-0.39, 0.29) is 12.0 Å². The summed E-state index contributed by atoms with van der Waals surface area (Å²) in [6.45, 7) is 3.16. The van der Waals surface area contributed by atoms with Crippen molar-refractivity contribution in [1.29, 1.82) is 0 Å². The van der Waals surface area contributed by atoms with E-state index in [1.54, 1.807) is 10.3 Å². The minimum atomic E-state index is -0.604. The van der Waals surface area contributed by atoms with E-state index in [1.807, 2.05) is 13.2 Å². The standard InChI is InChI=1S/C11H16N2O3S2/c1-3-16-9-5-13(4-8(9)14)10(15)7-6-18-11(12-7)17-2/h6,8-9,14H,3-5H2,1-2H3/t8-,9-/m1/s1. The summed E-state index contributed by atoms with van der Waals surface area (Å²) in [7, 11) is 0. The zero-order valence-electron chi connectivity index (χ0n) is 10.3. The Morgan fingerprint density at radius 3 is 3.11 bits per heavy atom. The Balaban J connectivity index is 2.02. The Morgan fingerprint density at radius 2 is 2.50 bits per heavy atom. The molecule has 0 radical (unpaired) electrons. The number of amides is 1. The van der Waals surface area contributed by atoms with Crippen LogP contribution < -0.4 is 0 Å². The highest BCUT2D eigenvalue weighted by molar-refractivity contribution is 8.00. The number of rotatable bonds is 4. The highest BCUT2D eigenvalue weighted by atomic mass is 32.2. The molecule has 1 aromatic rings. The zero-order chi connectivity index (χ0) is 13.1. The summed E-state index contributed by atoms with van der Waals surface area (Å²) < 4.78 is 6.27. The van der Waals surface area contributed by atoms with Crippen molar-refractivity contribution in [2.45, 2.75) is 23.5 Å². The molecular weight excluding hydrogens is 272 g/mol. The molecule has 1 saturated heterocycles. The van der Waals surface area contributed by atoms with Gasteiger partial charge in [-0.15, -0.1) is 11.3 Å². The van der Waals surface area contributed by atoms with Crippen LogP contribution in [0.3, 0.4) is 0 Å². The molecule has 0 saturated carbocycles. The highest BCUT2D eigenvalue weighted by Gasteiger charge is 2.35. The number of carbonyl (C=O) groups excluding carboxylic acids is 1. The summed E-state index contributed by atoms with van der Waals surface area (Å²) in [4.78, 5) is 18.0. The fourth-order valence-electron chi connectivity index (χ4n) is 1.91. The smallest absolute Gasteiger partial charge is 0.273 e. The summed E-state index contributed by atoms with van der Waals surface area (Å²) in [5.74, 6) is -0.132. The maximum Gasteiger partial charge on any atom is 0.273 e. The summed E-state index contributed by atoms with van der Waals surface area (Å²) >= 11 is 2.98. The summed E-state index contributed by atoms with van der Waals surface area (Å²) in [6.07, 6.45) is 1.04. The molecule has 2 atom stereocenters. The molecule has 0 unspecified atom stereocenters. The fourth-order valence-corrected chi connectivity index (χ4v) is 3.15. The van der Waals surface area contributed by atoms with Crippen LogP contribution >= 0.6 is 23.1 Å². The van der Waals surface area contributed by atoms with Gasteiger partial charge in [-0.25, -0.2) is 4.98 Å². The molecule has 2 rings (SSSR count). The minimum absolute atomic E-state index is 0.132. The Hall–Kier alpha value is -0.630. The van der Waals surface area contributed by atoms with Crippen LogP contribution in [0, 0.1) is 0 Å². The quantitative estimate of drug-likeness (QED) is 0.840. The van der Waals surface area contributed by atoms with Crippen molar-refractivity contribution in [3.63, 3.8) is 0 Å². The predicted molar refractivity (Wildman–Crippen MR) is 71.2 cm³/mol. The third-order valence-corrected chi connectivity index (χ3v) is 4.64. The summed E-state index contributed by atoms with van der Waals surface area (Å²) in [6, 6.07) is 0. The zero-order valence-corrected chi connectivity index (χ0v) is 12.0. The lowest BCUT2D eigenvalue weighted by Gasteiger charge is -2.14. The molecule has 1 N–H and O–H groups in total. The molecule has 1 amide bonds. The molecule has 7 heteroatoms. The Morgan fingerprint density at radius 1 is 1.72 bits per heavy atom. The summed E-state index contributed by atoms with van der Waals surface area (Å²) in [5, 5.41) is 11.6. The van der Waals surface area contributed by atoms with Gasteiger partial charge in [0.05, 0.1) is 6.10 Å². The van der Waals surface area contributed by atoms with Crippen molar-refractivity contribution >= 4 is 29.0 Å². The molecule has 1 aliphatic rings. The number of thioether (sulfide) groups is 1. The van der Waals surface area contributed by atoms with Crippen LogP contribution in [0.15, 0.2) is 9.72 Å². The molecule has 0 aliphatic carbocycles. The van der Waals surface area contributed by atoms with E-state index in [1.165, 1.54) is 23.1 Å². The van der Waals surface area contributed by atoms with E-state index >= 15 is 0 Å². The van der Waals surface area contributed by atoms with E-state index in [0.717, 1.165) is 4.34 Å². The largest absolute Gasteiger partial charge is 0.388 e. The van der Waals surface area contributed by atoms with Gasteiger partial charge in [-0.3, -0.25) is 4.79 Å². The lowest BCUT2D eigenvalue weighted by molar-refractivity contribution is -0.00237. The second-order valence-electron chi connectivity index (χ2n) is 3.97. The van der Waals surface area contributed by atoms with E-state index in [9.17, 15) is 9.90 Å². The van der Waals surface area contributed by atoms with Gasteiger partial charge >= 0.3 is 0 Å². The molecule has 100 valence electrons. The number of aliphatic hydroxyl groups is 1. The van der Waals surface area contributed by atoms with Gasteiger partial charge in [0.2, 0.25) is 0 Å². The van der Waals surface area contributed by atoms with E-state index in [2.05, 4.69) is 4.98 Å². The van der Waals surface area contributed by atoms with Crippen LogP contribution in [-0.2, 0) is 4.74 Å². The molecule has 0 aromatic carbocycles. The normalized spacial score (nSPS) is 23.6. The monoisotopic (exact) mass is 288 g/mol. The number of β-amino-alcohol motifs (C(OH)–C–C–N with tert-alkyl or cyclic N) is 1. The number of aliphatic hydroxyl groups excluding tert-OH is 1. The first kappa shape index (κ1) is 13.8. The Kier molecular flexibility index (Phi) is 4.60. The van der Waals surface area contributed by atoms with Gasteiger partial charge in [0, 0.05) is 25.1 Å². The molecular formula is C11H16N2O3S2. The molecule has 1 aromatic heterocycles. The maximum atomic E-state index is 12.2. The van der Waals surface area contributed by atoms with E-state index < -0.39 is 6.10 Å². The first-order valence-corrected chi connectivity index (χ1v) is 7.84. The van der Waals surface area contributed by atoms with Crippen LogP contribution in [0.25, 0.3) is 0 Å². The van der Waals surface area contributed by atoms with Gasteiger partial charge < -0.3 is 14.7 Å². The summed E-state index contributed by atoms with van der Waals surface area (Å²) in [5.41, 5.74) is 0.452. The molecule has 5 nitrogen and oxygen atoms in total.